The highest BCUT2D eigenvalue weighted by molar-refractivity contribution is 7.98. The molecule has 0 saturated heterocycles. The molecule has 0 atom stereocenters. The van der Waals surface area contributed by atoms with Crippen molar-refractivity contribution in [3.05, 3.63) is 17.5 Å². The van der Waals surface area contributed by atoms with Crippen molar-refractivity contribution in [2.75, 3.05) is 18.6 Å². The fraction of sp³-hybridized carbons (Fsp3) is 0.375. The summed E-state index contributed by atoms with van der Waals surface area (Å²) in [6.07, 6.45) is 1.92. The van der Waals surface area contributed by atoms with Crippen LogP contribution >= 0.6 is 11.8 Å². The largest absolute Gasteiger partial charge is 0.475 e. The van der Waals surface area contributed by atoms with Crippen molar-refractivity contribution >= 4 is 23.6 Å². The highest BCUT2D eigenvalue weighted by Gasteiger charge is 2.15. The minimum Gasteiger partial charge on any atom is -0.475 e. The molecule has 0 aliphatic carbocycles. The smallest absolute Gasteiger partial charge is 0.374 e. The molecular weight excluding hydrogens is 220 g/mol. The van der Waals surface area contributed by atoms with E-state index >= 15 is 0 Å². The van der Waals surface area contributed by atoms with Crippen molar-refractivity contribution in [1.29, 1.82) is 0 Å². The van der Waals surface area contributed by atoms with Crippen LogP contribution in [0.25, 0.3) is 0 Å². The lowest BCUT2D eigenvalue weighted by Gasteiger charge is -1.99. The van der Waals surface area contributed by atoms with Gasteiger partial charge in [0, 0.05) is 18.4 Å². The van der Waals surface area contributed by atoms with Crippen LogP contribution in [-0.2, 0) is 0 Å². The number of carboxylic acid groups (broad SMARTS) is 1. The molecule has 1 amide bonds. The van der Waals surface area contributed by atoms with Crippen LogP contribution in [0, 0.1) is 0 Å². The fourth-order valence-electron chi connectivity index (χ4n) is 0.840. The molecule has 15 heavy (non-hydrogen) atoms. The molecule has 0 bridgehead atoms. The lowest BCUT2D eigenvalue weighted by Crippen LogP contribution is -2.25. The van der Waals surface area contributed by atoms with Crippen LogP contribution in [-0.4, -0.2) is 40.7 Å². The number of aromatic carboxylic acids is 1. The Hall–Kier alpha value is -1.50. The Bertz CT molecular complexity index is 363. The van der Waals surface area contributed by atoms with Gasteiger partial charge in [-0.05, 0) is 6.26 Å². The first-order valence-electron chi connectivity index (χ1n) is 4.12. The van der Waals surface area contributed by atoms with Crippen molar-refractivity contribution in [3.8, 4) is 0 Å². The van der Waals surface area contributed by atoms with Crippen molar-refractivity contribution in [2.24, 2.45) is 0 Å². The minimum atomic E-state index is -1.24. The van der Waals surface area contributed by atoms with Crippen molar-refractivity contribution in [3.63, 3.8) is 0 Å². The zero-order valence-corrected chi connectivity index (χ0v) is 8.84. The number of rotatable bonds is 5. The number of carboxylic acids is 1. The quantitative estimate of drug-likeness (QED) is 0.714. The van der Waals surface area contributed by atoms with Crippen molar-refractivity contribution in [2.45, 2.75) is 0 Å². The van der Waals surface area contributed by atoms with E-state index in [1.807, 2.05) is 6.26 Å². The van der Waals surface area contributed by atoms with Gasteiger partial charge in [-0.1, -0.05) is 5.16 Å². The average molecular weight is 230 g/mol. The molecule has 0 radical (unpaired) electrons. The third kappa shape index (κ3) is 3.28. The van der Waals surface area contributed by atoms with Crippen LogP contribution in [0.5, 0.6) is 0 Å². The number of carbonyl (C=O) groups excluding carboxylic acids is 1. The number of carbonyl (C=O) groups is 2. The highest BCUT2D eigenvalue weighted by atomic mass is 32.2. The highest BCUT2D eigenvalue weighted by Crippen LogP contribution is 2.03. The number of nitrogens with one attached hydrogen (secondary N) is 1. The number of aromatic nitrogens is 1. The Balaban J connectivity index is 2.54. The second-order valence-electron chi connectivity index (χ2n) is 2.63. The van der Waals surface area contributed by atoms with Gasteiger partial charge in [-0.3, -0.25) is 4.79 Å². The van der Waals surface area contributed by atoms with Crippen LogP contribution < -0.4 is 5.32 Å². The van der Waals surface area contributed by atoms with E-state index in [0.717, 1.165) is 11.8 Å². The van der Waals surface area contributed by atoms with E-state index in [0.29, 0.717) is 6.54 Å². The molecule has 82 valence electrons. The molecule has 0 aliphatic rings. The van der Waals surface area contributed by atoms with Crippen LogP contribution in [0.4, 0.5) is 0 Å². The summed E-state index contributed by atoms with van der Waals surface area (Å²) in [5, 5.41) is 14.4. The Morgan fingerprint density at radius 2 is 2.40 bits per heavy atom. The van der Waals surface area contributed by atoms with Gasteiger partial charge in [0.1, 0.15) is 0 Å². The number of thioether (sulfide) groups is 1. The summed E-state index contributed by atoms with van der Waals surface area (Å²) in [4.78, 5) is 21.7. The van der Waals surface area contributed by atoms with Gasteiger partial charge in [-0.2, -0.15) is 11.8 Å². The first-order valence-corrected chi connectivity index (χ1v) is 5.51. The molecule has 0 saturated carbocycles. The van der Waals surface area contributed by atoms with Crippen LogP contribution in [0.3, 0.4) is 0 Å². The monoisotopic (exact) mass is 230 g/mol. The van der Waals surface area contributed by atoms with E-state index < -0.39 is 11.9 Å². The van der Waals surface area contributed by atoms with E-state index in [1.54, 1.807) is 11.8 Å². The van der Waals surface area contributed by atoms with Gasteiger partial charge < -0.3 is 14.9 Å². The lowest BCUT2D eigenvalue weighted by molar-refractivity contribution is 0.0651. The number of nitrogens with zero attached hydrogens (tertiary/aromatic N) is 1. The van der Waals surface area contributed by atoms with Gasteiger partial charge >= 0.3 is 5.97 Å². The predicted molar refractivity (Wildman–Crippen MR) is 54.2 cm³/mol. The standard InChI is InChI=1S/C8H10N2O4S/c1-15-3-2-9-7(11)5-4-6(8(12)13)14-10-5/h4H,2-3H2,1H3,(H,9,11)(H,12,13). The van der Waals surface area contributed by atoms with Crippen molar-refractivity contribution in [1.82, 2.24) is 10.5 Å². The summed E-state index contributed by atoms with van der Waals surface area (Å²) >= 11 is 1.60. The molecular formula is C8H10N2O4S. The SMILES string of the molecule is CSCCNC(=O)c1cc(C(=O)O)on1. The molecule has 1 rings (SSSR count). The van der Waals surface area contributed by atoms with E-state index in [9.17, 15) is 9.59 Å². The number of amides is 1. The van der Waals surface area contributed by atoms with Crippen LogP contribution in [0.1, 0.15) is 21.0 Å². The molecule has 6 nitrogen and oxygen atoms in total. The third-order valence-electron chi connectivity index (χ3n) is 1.55. The molecule has 2 N–H and O–H groups in total. The maximum Gasteiger partial charge on any atom is 0.374 e. The Labute approximate surface area is 90.0 Å². The van der Waals surface area contributed by atoms with E-state index in [2.05, 4.69) is 15.0 Å². The summed E-state index contributed by atoms with van der Waals surface area (Å²) in [5.74, 6) is -1.23. The zero-order valence-electron chi connectivity index (χ0n) is 8.02. The van der Waals surface area contributed by atoms with Gasteiger partial charge in [-0.15, -0.1) is 0 Å². The van der Waals surface area contributed by atoms with Crippen LogP contribution in [0.15, 0.2) is 10.6 Å². The molecule has 0 unspecified atom stereocenters. The maximum atomic E-state index is 11.3. The molecule has 1 aromatic heterocycles. The molecule has 0 aliphatic heterocycles. The summed E-state index contributed by atoms with van der Waals surface area (Å²) in [7, 11) is 0. The average Bonchev–Trinajstić information content (AvgIpc) is 2.66. The van der Waals surface area contributed by atoms with Gasteiger partial charge in [0.25, 0.3) is 5.91 Å². The summed E-state index contributed by atoms with van der Waals surface area (Å²) < 4.78 is 4.44. The third-order valence-corrected chi connectivity index (χ3v) is 2.16. The first kappa shape index (κ1) is 11.6. The number of hydrogen-bond donors (Lipinski definition) is 2. The fourth-order valence-corrected chi connectivity index (χ4v) is 1.15. The Morgan fingerprint density at radius 3 is 2.93 bits per heavy atom. The second kappa shape index (κ2) is 5.40. The molecule has 7 heteroatoms. The molecule has 0 aromatic carbocycles. The lowest BCUT2D eigenvalue weighted by atomic mass is 10.3. The van der Waals surface area contributed by atoms with Crippen molar-refractivity contribution < 1.29 is 19.2 Å². The van der Waals surface area contributed by atoms with E-state index in [4.69, 9.17) is 5.11 Å². The summed E-state index contributed by atoms with van der Waals surface area (Å²) in [5.41, 5.74) is -0.0199. The Kier molecular flexibility index (Phi) is 4.17. The van der Waals surface area contributed by atoms with Gasteiger partial charge in [-0.25, -0.2) is 4.79 Å². The second-order valence-corrected chi connectivity index (χ2v) is 3.62. The molecule has 0 spiro atoms. The van der Waals surface area contributed by atoms with Gasteiger partial charge in [0.05, 0.1) is 0 Å². The minimum absolute atomic E-state index is 0.0199. The first-order chi connectivity index (χ1) is 7.15. The normalized spacial score (nSPS) is 9.93. The number of hydrogen-bond acceptors (Lipinski definition) is 5. The van der Waals surface area contributed by atoms with E-state index in [-0.39, 0.29) is 11.5 Å². The van der Waals surface area contributed by atoms with Gasteiger partial charge in [0.15, 0.2) is 5.69 Å². The molecule has 0 fully saturated rings. The predicted octanol–water partition coefficient (Wildman–Crippen LogP) is 0.466. The van der Waals surface area contributed by atoms with E-state index in [1.165, 1.54) is 0 Å². The van der Waals surface area contributed by atoms with Gasteiger partial charge in [0.2, 0.25) is 5.76 Å². The maximum absolute atomic E-state index is 11.3. The molecule has 1 aromatic rings. The molecule has 1 heterocycles. The topological polar surface area (TPSA) is 92.4 Å². The zero-order chi connectivity index (χ0) is 11.3. The summed E-state index contributed by atoms with van der Waals surface area (Å²) in [6, 6.07) is 1.09. The van der Waals surface area contributed by atoms with Crippen LogP contribution in [0.2, 0.25) is 0 Å². The Morgan fingerprint density at radius 1 is 1.67 bits per heavy atom. The summed E-state index contributed by atoms with van der Waals surface area (Å²) in [6.45, 7) is 0.509.